The quantitative estimate of drug-likeness (QED) is 0.800. The van der Waals surface area contributed by atoms with Gasteiger partial charge in [0.1, 0.15) is 11.0 Å². The molecule has 0 radical (unpaired) electrons. The van der Waals surface area contributed by atoms with Crippen LogP contribution in [0.5, 0.6) is 0 Å². The van der Waals surface area contributed by atoms with E-state index in [4.69, 9.17) is 16.7 Å². The fourth-order valence-corrected chi connectivity index (χ4v) is 2.97. The molecule has 4 heteroatoms. The van der Waals surface area contributed by atoms with Crippen LogP contribution >= 0.6 is 11.6 Å². The number of aliphatic hydroxyl groups excluding tert-OH is 1. The molecule has 3 atom stereocenters. The van der Waals surface area contributed by atoms with Crippen molar-refractivity contribution in [2.75, 3.05) is 18.0 Å². The third-order valence-corrected chi connectivity index (χ3v) is 4.36. The maximum atomic E-state index is 9.02. The molecule has 2 fully saturated rings. The van der Waals surface area contributed by atoms with Gasteiger partial charge in [0.05, 0.1) is 6.61 Å². The Hall–Kier alpha value is -0.800. The minimum Gasteiger partial charge on any atom is -0.392 e. The van der Waals surface area contributed by atoms with Crippen LogP contribution in [0.1, 0.15) is 12.5 Å². The molecule has 1 aliphatic carbocycles. The minimum absolute atomic E-state index is 0.0472. The highest BCUT2D eigenvalue weighted by molar-refractivity contribution is 6.30. The summed E-state index contributed by atoms with van der Waals surface area (Å²) in [6.45, 7) is 4.48. The number of hydrogen-bond donors (Lipinski definition) is 1. The summed E-state index contributed by atoms with van der Waals surface area (Å²) in [6.07, 6.45) is 0. The third kappa shape index (κ3) is 1.50. The van der Waals surface area contributed by atoms with Crippen LogP contribution in [0, 0.1) is 17.8 Å². The van der Waals surface area contributed by atoms with Crippen LogP contribution in [0.15, 0.2) is 12.1 Å². The van der Waals surface area contributed by atoms with Gasteiger partial charge in [0.15, 0.2) is 0 Å². The van der Waals surface area contributed by atoms with Crippen molar-refractivity contribution in [3.8, 4) is 0 Å². The van der Waals surface area contributed by atoms with Crippen LogP contribution in [0.3, 0.4) is 0 Å². The number of rotatable bonds is 2. The maximum Gasteiger partial charge on any atom is 0.136 e. The van der Waals surface area contributed by atoms with Gasteiger partial charge in [-0.25, -0.2) is 4.98 Å². The first-order chi connectivity index (χ1) is 7.70. The monoisotopic (exact) mass is 238 g/mol. The molecule has 16 heavy (non-hydrogen) atoms. The molecule has 3 rings (SSSR count). The second kappa shape index (κ2) is 3.60. The molecule has 1 aromatic heterocycles. The summed E-state index contributed by atoms with van der Waals surface area (Å²) >= 11 is 5.99. The lowest BCUT2D eigenvalue weighted by atomic mass is 10.2. The van der Waals surface area contributed by atoms with Crippen molar-refractivity contribution in [2.45, 2.75) is 13.5 Å². The van der Waals surface area contributed by atoms with E-state index in [0.717, 1.165) is 36.7 Å². The number of pyridine rings is 1. The van der Waals surface area contributed by atoms with Crippen LogP contribution in [0.4, 0.5) is 5.82 Å². The molecule has 1 aliphatic heterocycles. The van der Waals surface area contributed by atoms with E-state index in [0.29, 0.717) is 10.7 Å². The Labute approximate surface area is 100 Å². The number of aromatic nitrogens is 1. The molecule has 1 aromatic rings. The minimum atomic E-state index is -0.0472. The lowest BCUT2D eigenvalue weighted by molar-refractivity contribution is 0.281. The highest BCUT2D eigenvalue weighted by Gasteiger charge is 2.52. The smallest absolute Gasteiger partial charge is 0.136 e. The van der Waals surface area contributed by atoms with Crippen molar-refractivity contribution in [3.05, 3.63) is 22.8 Å². The van der Waals surface area contributed by atoms with Crippen molar-refractivity contribution in [2.24, 2.45) is 17.8 Å². The molecule has 0 bridgehead atoms. The second-order valence-corrected chi connectivity index (χ2v) is 5.23. The summed E-state index contributed by atoms with van der Waals surface area (Å²) < 4.78 is 0. The number of hydrogen-bond acceptors (Lipinski definition) is 3. The Bertz CT molecular complexity index is 411. The van der Waals surface area contributed by atoms with E-state index in [9.17, 15) is 0 Å². The predicted molar refractivity (Wildman–Crippen MR) is 63.5 cm³/mol. The van der Waals surface area contributed by atoms with E-state index >= 15 is 0 Å². The third-order valence-electron chi connectivity index (χ3n) is 4.03. The molecule has 1 saturated heterocycles. The zero-order chi connectivity index (χ0) is 11.3. The van der Waals surface area contributed by atoms with Gasteiger partial charge >= 0.3 is 0 Å². The molecule has 0 aromatic carbocycles. The van der Waals surface area contributed by atoms with Gasteiger partial charge in [-0.05, 0) is 29.9 Å². The number of halogens is 1. The van der Waals surface area contributed by atoms with E-state index in [-0.39, 0.29) is 6.61 Å². The second-order valence-electron chi connectivity index (χ2n) is 4.87. The summed E-state index contributed by atoms with van der Waals surface area (Å²) in [5, 5.41) is 9.45. The average Bonchev–Trinajstić information content (AvgIpc) is 2.75. The molecule has 3 nitrogen and oxygen atoms in total. The first-order valence-corrected chi connectivity index (χ1v) is 6.09. The molecular formula is C12H15ClN2O. The number of nitrogens with zero attached hydrogens (tertiary/aromatic N) is 2. The van der Waals surface area contributed by atoms with E-state index < -0.39 is 0 Å². The van der Waals surface area contributed by atoms with Crippen molar-refractivity contribution < 1.29 is 5.11 Å². The van der Waals surface area contributed by atoms with E-state index in [2.05, 4.69) is 16.8 Å². The standard InChI is InChI=1S/C12H15ClN2O/c1-7-9-4-15(5-10(7)9)11-3-2-8(6-16)12(13)14-11/h2-3,7,9-10,16H,4-6H2,1H3/t7?,9-,10+. The zero-order valence-corrected chi connectivity index (χ0v) is 9.98. The SMILES string of the molecule is CC1[C@H]2CN(c3ccc(CO)c(Cl)n3)C[C@@H]12. The normalized spacial score (nSPS) is 31.7. The highest BCUT2D eigenvalue weighted by Crippen LogP contribution is 2.51. The largest absolute Gasteiger partial charge is 0.392 e. The maximum absolute atomic E-state index is 9.02. The van der Waals surface area contributed by atoms with Crippen molar-refractivity contribution >= 4 is 17.4 Å². The summed E-state index contributed by atoms with van der Waals surface area (Å²) in [7, 11) is 0. The van der Waals surface area contributed by atoms with Crippen LogP contribution in [-0.2, 0) is 6.61 Å². The Morgan fingerprint density at radius 2 is 2.12 bits per heavy atom. The molecule has 1 N–H and O–H groups in total. The fraction of sp³-hybridized carbons (Fsp3) is 0.583. The number of anilines is 1. The molecular weight excluding hydrogens is 224 g/mol. The molecule has 0 amide bonds. The Morgan fingerprint density at radius 1 is 1.44 bits per heavy atom. The van der Waals surface area contributed by atoms with Gasteiger partial charge in [-0.2, -0.15) is 0 Å². The zero-order valence-electron chi connectivity index (χ0n) is 9.23. The fourth-order valence-electron chi connectivity index (χ4n) is 2.76. The lowest BCUT2D eigenvalue weighted by Gasteiger charge is -2.20. The van der Waals surface area contributed by atoms with E-state index in [1.165, 1.54) is 0 Å². The van der Waals surface area contributed by atoms with Gasteiger partial charge in [-0.3, -0.25) is 0 Å². The van der Waals surface area contributed by atoms with Crippen molar-refractivity contribution in [1.29, 1.82) is 0 Å². The Kier molecular flexibility index (Phi) is 2.33. The van der Waals surface area contributed by atoms with Crippen molar-refractivity contribution in [3.63, 3.8) is 0 Å². The topological polar surface area (TPSA) is 36.4 Å². The molecule has 1 unspecified atom stereocenters. The Morgan fingerprint density at radius 3 is 2.69 bits per heavy atom. The molecule has 86 valence electrons. The van der Waals surface area contributed by atoms with Gasteiger partial charge in [-0.15, -0.1) is 0 Å². The molecule has 2 heterocycles. The first-order valence-electron chi connectivity index (χ1n) is 5.72. The number of piperidine rings is 1. The Balaban J connectivity index is 1.78. The first kappa shape index (κ1) is 10.4. The van der Waals surface area contributed by atoms with Crippen LogP contribution < -0.4 is 4.90 Å². The van der Waals surface area contributed by atoms with Crippen molar-refractivity contribution in [1.82, 2.24) is 4.98 Å². The summed E-state index contributed by atoms with van der Waals surface area (Å²) in [5.74, 6) is 3.56. The highest BCUT2D eigenvalue weighted by atomic mass is 35.5. The summed E-state index contributed by atoms with van der Waals surface area (Å²) in [5.41, 5.74) is 0.697. The van der Waals surface area contributed by atoms with E-state index in [1.807, 2.05) is 12.1 Å². The average molecular weight is 239 g/mol. The van der Waals surface area contributed by atoms with E-state index in [1.54, 1.807) is 0 Å². The van der Waals surface area contributed by atoms with Gasteiger partial charge in [-0.1, -0.05) is 18.5 Å². The van der Waals surface area contributed by atoms with Gasteiger partial charge in [0.2, 0.25) is 0 Å². The van der Waals surface area contributed by atoms with Crippen LogP contribution in [-0.4, -0.2) is 23.2 Å². The van der Waals surface area contributed by atoms with Crippen LogP contribution in [0.2, 0.25) is 5.15 Å². The summed E-state index contributed by atoms with van der Waals surface area (Å²) in [4.78, 5) is 6.63. The van der Waals surface area contributed by atoms with Gasteiger partial charge < -0.3 is 10.0 Å². The molecule has 1 saturated carbocycles. The number of fused-ring (bicyclic) bond motifs is 1. The lowest BCUT2D eigenvalue weighted by Crippen LogP contribution is -2.24. The summed E-state index contributed by atoms with van der Waals surface area (Å²) in [6, 6.07) is 3.81. The molecule has 0 spiro atoms. The van der Waals surface area contributed by atoms with Crippen LogP contribution in [0.25, 0.3) is 0 Å². The molecule has 2 aliphatic rings. The predicted octanol–water partition coefficient (Wildman–Crippen LogP) is 1.93. The number of aliphatic hydroxyl groups is 1. The van der Waals surface area contributed by atoms with Gasteiger partial charge in [0.25, 0.3) is 0 Å². The van der Waals surface area contributed by atoms with Gasteiger partial charge in [0, 0.05) is 18.7 Å².